The molecular weight excluding hydrogens is 212 g/mol. The van der Waals surface area contributed by atoms with Crippen LogP contribution in [0.25, 0.3) is 0 Å². The first-order valence-corrected chi connectivity index (χ1v) is 7.44. The van der Waals surface area contributed by atoms with Crippen molar-refractivity contribution in [2.24, 2.45) is 11.8 Å². The number of hydrogen-bond donors (Lipinski definition) is 2. The lowest BCUT2D eigenvalue weighted by molar-refractivity contribution is 0.107. The number of piperidine rings is 1. The van der Waals surface area contributed by atoms with Gasteiger partial charge in [0.25, 0.3) is 0 Å². The molecule has 3 heteroatoms. The summed E-state index contributed by atoms with van der Waals surface area (Å²) in [4.78, 5) is 2.59. The van der Waals surface area contributed by atoms with E-state index in [0.29, 0.717) is 12.5 Å². The van der Waals surface area contributed by atoms with Crippen molar-refractivity contribution in [2.45, 2.75) is 38.5 Å². The molecular formula is C14H28N2O. The molecule has 0 aromatic heterocycles. The van der Waals surface area contributed by atoms with E-state index < -0.39 is 0 Å². The molecule has 0 amide bonds. The molecule has 2 fully saturated rings. The van der Waals surface area contributed by atoms with Gasteiger partial charge in [-0.3, -0.25) is 0 Å². The molecule has 0 aromatic carbocycles. The highest BCUT2D eigenvalue weighted by Crippen LogP contribution is 2.23. The third-order valence-electron chi connectivity index (χ3n) is 4.48. The van der Waals surface area contributed by atoms with Crippen molar-refractivity contribution in [3.63, 3.8) is 0 Å². The smallest absolute Gasteiger partial charge is 0.0474 e. The largest absolute Gasteiger partial charge is 0.396 e. The maximum Gasteiger partial charge on any atom is 0.0474 e. The number of aliphatic hydroxyl groups excluding tert-OH is 1. The highest BCUT2D eigenvalue weighted by atomic mass is 16.3. The van der Waals surface area contributed by atoms with E-state index >= 15 is 0 Å². The molecule has 2 rings (SSSR count). The van der Waals surface area contributed by atoms with Crippen LogP contribution in [-0.4, -0.2) is 49.3 Å². The second kappa shape index (κ2) is 7.34. The lowest BCUT2D eigenvalue weighted by Crippen LogP contribution is -2.39. The maximum absolute atomic E-state index is 9.63. The lowest BCUT2D eigenvalue weighted by atomic mass is 9.85. The average Bonchev–Trinajstić information content (AvgIpc) is 2.65. The molecule has 2 aliphatic rings. The minimum Gasteiger partial charge on any atom is -0.396 e. The summed E-state index contributed by atoms with van der Waals surface area (Å²) in [6.45, 7) is 6.29. The van der Waals surface area contributed by atoms with Crippen LogP contribution < -0.4 is 5.32 Å². The van der Waals surface area contributed by atoms with Crippen molar-refractivity contribution < 1.29 is 5.11 Å². The van der Waals surface area contributed by atoms with Crippen LogP contribution in [0.4, 0.5) is 0 Å². The highest BCUT2D eigenvalue weighted by Gasteiger charge is 2.25. The summed E-state index contributed by atoms with van der Waals surface area (Å²) in [5.41, 5.74) is 0. The van der Waals surface area contributed by atoms with Gasteiger partial charge in [0.05, 0.1) is 0 Å². The molecule has 0 aromatic rings. The summed E-state index contributed by atoms with van der Waals surface area (Å²) >= 11 is 0. The van der Waals surface area contributed by atoms with Crippen LogP contribution in [0.5, 0.6) is 0 Å². The van der Waals surface area contributed by atoms with E-state index in [4.69, 9.17) is 0 Å². The Bertz CT molecular complexity index is 196. The van der Waals surface area contributed by atoms with E-state index in [1.165, 1.54) is 51.6 Å². The Labute approximate surface area is 106 Å². The Kier molecular flexibility index (Phi) is 5.75. The SMILES string of the molecule is OCC(CN1CCCCCC1)C1CCNCC1. The van der Waals surface area contributed by atoms with E-state index in [9.17, 15) is 5.11 Å². The van der Waals surface area contributed by atoms with E-state index in [1.807, 2.05) is 0 Å². The summed E-state index contributed by atoms with van der Waals surface area (Å²) in [7, 11) is 0. The minimum atomic E-state index is 0.376. The Balaban J connectivity index is 1.80. The summed E-state index contributed by atoms with van der Waals surface area (Å²) in [5, 5.41) is 13.0. The fraction of sp³-hybridized carbons (Fsp3) is 1.00. The molecule has 3 nitrogen and oxygen atoms in total. The van der Waals surface area contributed by atoms with E-state index in [1.54, 1.807) is 0 Å². The number of rotatable bonds is 4. The van der Waals surface area contributed by atoms with Crippen LogP contribution in [0, 0.1) is 11.8 Å². The first kappa shape index (κ1) is 13.3. The maximum atomic E-state index is 9.63. The van der Waals surface area contributed by atoms with Gasteiger partial charge in [-0.2, -0.15) is 0 Å². The van der Waals surface area contributed by atoms with Gasteiger partial charge in [-0.05, 0) is 63.7 Å². The molecule has 2 heterocycles. The molecule has 2 aliphatic heterocycles. The number of nitrogens with one attached hydrogen (secondary N) is 1. The molecule has 1 atom stereocenters. The highest BCUT2D eigenvalue weighted by molar-refractivity contribution is 4.78. The van der Waals surface area contributed by atoms with E-state index in [-0.39, 0.29) is 0 Å². The normalized spacial score (nSPS) is 26.6. The second-order valence-electron chi connectivity index (χ2n) is 5.74. The fourth-order valence-electron chi connectivity index (χ4n) is 3.32. The summed E-state index contributed by atoms with van der Waals surface area (Å²) in [6.07, 6.45) is 7.99. The fourth-order valence-corrected chi connectivity index (χ4v) is 3.32. The molecule has 0 spiro atoms. The third kappa shape index (κ3) is 4.23. The molecule has 17 heavy (non-hydrogen) atoms. The van der Waals surface area contributed by atoms with Crippen molar-refractivity contribution >= 4 is 0 Å². The summed E-state index contributed by atoms with van der Waals surface area (Å²) < 4.78 is 0. The first-order valence-electron chi connectivity index (χ1n) is 7.44. The monoisotopic (exact) mass is 240 g/mol. The molecule has 0 radical (unpaired) electrons. The standard InChI is InChI=1S/C14H28N2O/c17-12-14(13-5-7-15-8-6-13)11-16-9-3-1-2-4-10-16/h13-15,17H,1-12H2. The van der Waals surface area contributed by atoms with Gasteiger partial charge < -0.3 is 15.3 Å². The topological polar surface area (TPSA) is 35.5 Å². The van der Waals surface area contributed by atoms with Gasteiger partial charge in [0.1, 0.15) is 0 Å². The van der Waals surface area contributed by atoms with Crippen LogP contribution in [0.3, 0.4) is 0 Å². The Morgan fingerprint density at radius 3 is 2.29 bits per heavy atom. The van der Waals surface area contributed by atoms with Crippen LogP contribution in [-0.2, 0) is 0 Å². The molecule has 2 N–H and O–H groups in total. The van der Waals surface area contributed by atoms with Crippen molar-refractivity contribution in [3.8, 4) is 0 Å². The van der Waals surface area contributed by atoms with Crippen LogP contribution in [0.2, 0.25) is 0 Å². The lowest BCUT2D eigenvalue weighted by Gasteiger charge is -2.33. The minimum absolute atomic E-state index is 0.376. The zero-order chi connectivity index (χ0) is 11.9. The number of nitrogens with zero attached hydrogens (tertiary/aromatic N) is 1. The Hall–Kier alpha value is -0.120. The predicted octanol–water partition coefficient (Wildman–Crippen LogP) is 1.47. The van der Waals surface area contributed by atoms with Crippen LogP contribution in [0.15, 0.2) is 0 Å². The number of aliphatic hydroxyl groups is 1. The molecule has 2 saturated heterocycles. The number of hydrogen-bond acceptors (Lipinski definition) is 3. The average molecular weight is 240 g/mol. The van der Waals surface area contributed by atoms with E-state index in [2.05, 4.69) is 10.2 Å². The zero-order valence-corrected chi connectivity index (χ0v) is 11.0. The van der Waals surface area contributed by atoms with Gasteiger partial charge in [-0.15, -0.1) is 0 Å². The quantitative estimate of drug-likeness (QED) is 0.781. The molecule has 100 valence electrons. The second-order valence-corrected chi connectivity index (χ2v) is 5.74. The predicted molar refractivity (Wildman–Crippen MR) is 71.1 cm³/mol. The molecule has 0 saturated carbocycles. The number of likely N-dealkylation sites (tertiary alicyclic amines) is 1. The van der Waals surface area contributed by atoms with Gasteiger partial charge in [0.15, 0.2) is 0 Å². The van der Waals surface area contributed by atoms with Gasteiger partial charge in [0.2, 0.25) is 0 Å². The van der Waals surface area contributed by atoms with Gasteiger partial charge in [0, 0.05) is 13.2 Å². The van der Waals surface area contributed by atoms with Crippen molar-refractivity contribution in [3.05, 3.63) is 0 Å². The van der Waals surface area contributed by atoms with Crippen molar-refractivity contribution in [1.82, 2.24) is 10.2 Å². The molecule has 1 unspecified atom stereocenters. The van der Waals surface area contributed by atoms with E-state index in [0.717, 1.165) is 25.6 Å². The molecule has 0 bridgehead atoms. The summed E-state index contributed by atoms with van der Waals surface area (Å²) in [5.74, 6) is 1.25. The third-order valence-corrected chi connectivity index (χ3v) is 4.48. The molecule has 0 aliphatic carbocycles. The van der Waals surface area contributed by atoms with Crippen LogP contribution >= 0.6 is 0 Å². The summed E-state index contributed by atoms with van der Waals surface area (Å²) in [6, 6.07) is 0. The van der Waals surface area contributed by atoms with Crippen molar-refractivity contribution in [1.29, 1.82) is 0 Å². The zero-order valence-electron chi connectivity index (χ0n) is 11.0. The van der Waals surface area contributed by atoms with Crippen LogP contribution in [0.1, 0.15) is 38.5 Å². The van der Waals surface area contributed by atoms with Crippen molar-refractivity contribution in [2.75, 3.05) is 39.3 Å². The van der Waals surface area contributed by atoms with Gasteiger partial charge in [-0.1, -0.05) is 12.8 Å². The van der Waals surface area contributed by atoms with Gasteiger partial charge >= 0.3 is 0 Å². The van der Waals surface area contributed by atoms with Gasteiger partial charge in [-0.25, -0.2) is 0 Å². The Morgan fingerprint density at radius 2 is 1.71 bits per heavy atom. The Morgan fingerprint density at radius 1 is 1.06 bits per heavy atom. The first-order chi connectivity index (χ1) is 8.40.